The van der Waals surface area contributed by atoms with Gasteiger partial charge in [-0.1, -0.05) is 60.2 Å². The van der Waals surface area contributed by atoms with E-state index in [1.165, 1.54) is 0 Å². The van der Waals surface area contributed by atoms with Gasteiger partial charge in [0, 0.05) is 29.9 Å². The molecule has 0 spiro atoms. The number of benzene rings is 3. The van der Waals surface area contributed by atoms with Crippen molar-refractivity contribution in [3.63, 3.8) is 0 Å². The van der Waals surface area contributed by atoms with Crippen LogP contribution in [0.25, 0.3) is 10.9 Å². The highest BCUT2D eigenvalue weighted by Crippen LogP contribution is 2.48. The monoisotopic (exact) mass is 479 g/mol. The SMILES string of the molecule is COc1ccc([C@@H]2CN3C(=O)CN(Cc4ccc(C)cc4)C(=O)[C@]3(C)c3[nH]c4ccccc4c32)cc1. The number of nitrogens with zero attached hydrogens (tertiary/aromatic N) is 2. The number of fused-ring (bicyclic) bond motifs is 5. The zero-order valence-electron chi connectivity index (χ0n) is 20.7. The standard InChI is InChI=1S/C30H29N3O3/c1-19-8-10-20(11-9-19)16-32-18-26(34)33-17-24(21-12-14-22(36-3)15-13-21)27-23-6-4-5-7-25(23)31-28(27)30(33,2)29(32)35/h4-15,24,31H,16-18H2,1-3H3/t24-,30-/m0/s1. The van der Waals surface area contributed by atoms with Crippen LogP contribution in [0.2, 0.25) is 0 Å². The number of carbonyl (C=O) groups excluding carboxylic acids is 2. The van der Waals surface area contributed by atoms with Gasteiger partial charge in [-0.05, 0) is 48.7 Å². The summed E-state index contributed by atoms with van der Waals surface area (Å²) in [6.07, 6.45) is 0. The van der Waals surface area contributed by atoms with Crippen molar-refractivity contribution in [3.8, 4) is 5.75 Å². The van der Waals surface area contributed by atoms with Crippen LogP contribution in [0.4, 0.5) is 0 Å². The van der Waals surface area contributed by atoms with Gasteiger partial charge in [0.1, 0.15) is 12.3 Å². The van der Waals surface area contributed by atoms with Crippen molar-refractivity contribution in [1.29, 1.82) is 0 Å². The number of aryl methyl sites for hydroxylation is 1. The number of carbonyl (C=O) groups is 2. The number of rotatable bonds is 4. The molecule has 2 aliphatic heterocycles. The average molecular weight is 480 g/mol. The summed E-state index contributed by atoms with van der Waals surface area (Å²) in [6, 6.07) is 24.3. The molecule has 2 aliphatic rings. The second kappa shape index (κ2) is 8.26. The van der Waals surface area contributed by atoms with Crippen LogP contribution < -0.4 is 4.74 Å². The quantitative estimate of drug-likeness (QED) is 0.461. The van der Waals surface area contributed by atoms with Gasteiger partial charge in [0.05, 0.1) is 12.8 Å². The number of H-pyrrole nitrogens is 1. The maximum Gasteiger partial charge on any atom is 0.255 e. The summed E-state index contributed by atoms with van der Waals surface area (Å²) in [5.41, 5.74) is 5.04. The predicted molar refractivity (Wildman–Crippen MR) is 139 cm³/mol. The van der Waals surface area contributed by atoms with E-state index in [2.05, 4.69) is 23.2 Å². The summed E-state index contributed by atoms with van der Waals surface area (Å²) in [7, 11) is 1.65. The average Bonchev–Trinajstić information content (AvgIpc) is 3.29. The molecule has 2 amide bonds. The van der Waals surface area contributed by atoms with Crippen molar-refractivity contribution < 1.29 is 14.3 Å². The highest BCUT2D eigenvalue weighted by Gasteiger charge is 2.56. The number of para-hydroxylation sites is 1. The minimum Gasteiger partial charge on any atom is -0.497 e. The first kappa shape index (κ1) is 22.4. The number of aromatic nitrogens is 1. The Balaban J connectivity index is 1.48. The van der Waals surface area contributed by atoms with Crippen molar-refractivity contribution in [2.24, 2.45) is 0 Å². The molecule has 0 unspecified atom stereocenters. The summed E-state index contributed by atoms with van der Waals surface area (Å²) in [5, 5.41) is 1.09. The molecule has 6 heteroatoms. The molecule has 1 aromatic heterocycles. The lowest BCUT2D eigenvalue weighted by atomic mass is 9.76. The molecule has 2 atom stereocenters. The summed E-state index contributed by atoms with van der Waals surface area (Å²) < 4.78 is 5.36. The number of amides is 2. The molecule has 0 saturated carbocycles. The Hall–Kier alpha value is -4.06. The van der Waals surface area contributed by atoms with Crippen LogP contribution in [0.3, 0.4) is 0 Å². The molecule has 182 valence electrons. The summed E-state index contributed by atoms with van der Waals surface area (Å²) in [4.78, 5) is 34.8. The molecule has 0 radical (unpaired) electrons. The van der Waals surface area contributed by atoms with E-state index >= 15 is 0 Å². The van der Waals surface area contributed by atoms with E-state index < -0.39 is 5.54 Å². The minimum absolute atomic E-state index is 0.0352. The van der Waals surface area contributed by atoms with Gasteiger partial charge in [0.25, 0.3) is 5.91 Å². The molecule has 1 N–H and O–H groups in total. The van der Waals surface area contributed by atoms with Crippen molar-refractivity contribution >= 4 is 22.7 Å². The lowest BCUT2D eigenvalue weighted by molar-refractivity contribution is -0.166. The Kier molecular flexibility index (Phi) is 5.14. The highest BCUT2D eigenvalue weighted by atomic mass is 16.5. The van der Waals surface area contributed by atoms with Gasteiger partial charge >= 0.3 is 0 Å². The zero-order valence-corrected chi connectivity index (χ0v) is 20.7. The Morgan fingerprint density at radius 3 is 2.44 bits per heavy atom. The molecular weight excluding hydrogens is 450 g/mol. The van der Waals surface area contributed by atoms with E-state index in [0.29, 0.717) is 13.1 Å². The third kappa shape index (κ3) is 3.32. The normalized spacial score (nSPS) is 21.5. The first-order valence-electron chi connectivity index (χ1n) is 12.3. The lowest BCUT2D eigenvalue weighted by Crippen LogP contribution is -2.67. The molecule has 6 nitrogen and oxygen atoms in total. The first-order chi connectivity index (χ1) is 17.4. The predicted octanol–water partition coefficient (Wildman–Crippen LogP) is 4.72. The Morgan fingerprint density at radius 1 is 1.00 bits per heavy atom. The molecule has 36 heavy (non-hydrogen) atoms. The Labute approximate surface area is 210 Å². The minimum atomic E-state index is -1.10. The number of hydrogen-bond donors (Lipinski definition) is 1. The van der Waals surface area contributed by atoms with Gasteiger partial charge in [0.15, 0.2) is 5.54 Å². The fourth-order valence-electron chi connectivity index (χ4n) is 5.85. The van der Waals surface area contributed by atoms with Crippen LogP contribution in [-0.2, 0) is 21.7 Å². The van der Waals surface area contributed by atoms with Crippen molar-refractivity contribution in [1.82, 2.24) is 14.8 Å². The second-order valence-electron chi connectivity index (χ2n) is 10.0. The molecule has 6 rings (SSSR count). The van der Waals surface area contributed by atoms with E-state index in [0.717, 1.165) is 44.6 Å². The summed E-state index contributed by atoms with van der Waals surface area (Å²) >= 11 is 0. The van der Waals surface area contributed by atoms with E-state index in [-0.39, 0.29) is 24.3 Å². The number of ether oxygens (including phenoxy) is 1. The van der Waals surface area contributed by atoms with Crippen LogP contribution in [0.1, 0.15) is 40.8 Å². The number of nitrogens with one attached hydrogen (secondary N) is 1. The number of aromatic amines is 1. The Bertz CT molecular complexity index is 1470. The second-order valence-corrected chi connectivity index (χ2v) is 10.0. The topological polar surface area (TPSA) is 65.6 Å². The molecule has 1 fully saturated rings. The molecule has 1 saturated heterocycles. The Morgan fingerprint density at radius 2 is 1.72 bits per heavy atom. The molecule has 3 aromatic carbocycles. The third-order valence-corrected chi connectivity index (χ3v) is 7.83. The van der Waals surface area contributed by atoms with Crippen LogP contribution in [-0.4, -0.2) is 46.8 Å². The van der Waals surface area contributed by atoms with Crippen molar-refractivity contribution in [2.45, 2.75) is 31.8 Å². The number of methoxy groups -OCH3 is 1. The largest absolute Gasteiger partial charge is 0.497 e. The number of hydrogen-bond acceptors (Lipinski definition) is 3. The fraction of sp³-hybridized carbons (Fsp3) is 0.267. The van der Waals surface area contributed by atoms with Gasteiger partial charge in [-0.25, -0.2) is 0 Å². The molecule has 0 bridgehead atoms. The fourth-order valence-corrected chi connectivity index (χ4v) is 5.85. The van der Waals surface area contributed by atoms with E-state index in [1.54, 1.807) is 16.9 Å². The summed E-state index contributed by atoms with van der Waals surface area (Å²) in [5.74, 6) is 0.640. The van der Waals surface area contributed by atoms with Gasteiger partial charge in [0.2, 0.25) is 5.91 Å². The van der Waals surface area contributed by atoms with Crippen LogP contribution in [0, 0.1) is 6.92 Å². The maximum absolute atomic E-state index is 14.2. The van der Waals surface area contributed by atoms with E-state index in [4.69, 9.17) is 4.74 Å². The molecule has 0 aliphatic carbocycles. The van der Waals surface area contributed by atoms with Crippen LogP contribution in [0.15, 0.2) is 72.8 Å². The van der Waals surface area contributed by atoms with E-state index in [1.807, 2.05) is 68.4 Å². The molecular formula is C30H29N3O3. The van der Waals surface area contributed by atoms with Gasteiger partial charge < -0.3 is 19.5 Å². The zero-order chi connectivity index (χ0) is 25.0. The van der Waals surface area contributed by atoms with Crippen LogP contribution >= 0.6 is 0 Å². The highest BCUT2D eigenvalue weighted by molar-refractivity contribution is 6.01. The number of piperazine rings is 1. The van der Waals surface area contributed by atoms with E-state index in [9.17, 15) is 9.59 Å². The van der Waals surface area contributed by atoms with Crippen molar-refractivity contribution in [3.05, 3.63) is 101 Å². The smallest absolute Gasteiger partial charge is 0.255 e. The summed E-state index contributed by atoms with van der Waals surface area (Å²) in [6.45, 7) is 4.86. The maximum atomic E-state index is 14.2. The third-order valence-electron chi connectivity index (χ3n) is 7.83. The first-order valence-corrected chi connectivity index (χ1v) is 12.3. The lowest BCUT2D eigenvalue weighted by Gasteiger charge is -2.51. The van der Waals surface area contributed by atoms with Gasteiger partial charge in [-0.15, -0.1) is 0 Å². The molecule has 3 heterocycles. The van der Waals surface area contributed by atoms with Crippen molar-refractivity contribution in [2.75, 3.05) is 20.2 Å². The van der Waals surface area contributed by atoms with Gasteiger partial charge in [-0.3, -0.25) is 9.59 Å². The molecule has 4 aromatic rings. The van der Waals surface area contributed by atoms with Crippen LogP contribution in [0.5, 0.6) is 5.75 Å². The van der Waals surface area contributed by atoms with Gasteiger partial charge in [-0.2, -0.15) is 0 Å².